The molecule has 0 saturated heterocycles. The molecule has 0 aliphatic rings. The lowest BCUT2D eigenvalue weighted by Crippen LogP contribution is -2.34. The number of ether oxygens (including phenoxy) is 1. The van der Waals surface area contributed by atoms with E-state index in [0.29, 0.717) is 0 Å². The van der Waals surface area contributed by atoms with Gasteiger partial charge in [0.1, 0.15) is 0 Å². The maximum absolute atomic E-state index is 11.5. The van der Waals surface area contributed by atoms with Gasteiger partial charge in [0.2, 0.25) is 0 Å². The van der Waals surface area contributed by atoms with Crippen molar-refractivity contribution in [2.75, 3.05) is 7.11 Å². The number of benzene rings is 1. The van der Waals surface area contributed by atoms with E-state index in [1.807, 2.05) is 0 Å². The van der Waals surface area contributed by atoms with E-state index in [1.54, 1.807) is 0 Å². The summed E-state index contributed by atoms with van der Waals surface area (Å²) in [5.74, 6) is -0.537. The standard InChI is InChI=1S/C9H9N3O4S/c1-16-7-3-2-5(4-6(7)12(14)15)8(13)11-9(10)17/h2-4H,1H3,(H3,10,11,13,17). The summed E-state index contributed by atoms with van der Waals surface area (Å²) < 4.78 is 4.80. The third-order valence-electron chi connectivity index (χ3n) is 1.87. The van der Waals surface area contributed by atoms with Gasteiger partial charge in [-0.05, 0) is 24.4 Å². The lowest BCUT2D eigenvalue weighted by molar-refractivity contribution is -0.385. The Morgan fingerprint density at radius 1 is 1.59 bits per heavy atom. The summed E-state index contributed by atoms with van der Waals surface area (Å²) in [6.45, 7) is 0. The van der Waals surface area contributed by atoms with Gasteiger partial charge in [0, 0.05) is 11.6 Å². The third-order valence-corrected chi connectivity index (χ3v) is 1.98. The van der Waals surface area contributed by atoms with Crippen molar-refractivity contribution in [2.45, 2.75) is 0 Å². The SMILES string of the molecule is COc1ccc(C(=O)NC(N)=S)cc1[N+](=O)[O-]. The number of hydrogen-bond donors (Lipinski definition) is 2. The van der Waals surface area contributed by atoms with Crippen LogP contribution in [0.3, 0.4) is 0 Å². The second-order valence-electron chi connectivity index (χ2n) is 2.96. The molecule has 8 heteroatoms. The fourth-order valence-electron chi connectivity index (χ4n) is 1.16. The average molecular weight is 255 g/mol. The van der Waals surface area contributed by atoms with Crippen LogP contribution >= 0.6 is 12.2 Å². The molecule has 0 bridgehead atoms. The van der Waals surface area contributed by atoms with Crippen molar-refractivity contribution in [3.8, 4) is 5.75 Å². The minimum Gasteiger partial charge on any atom is -0.490 e. The topological polar surface area (TPSA) is 107 Å². The number of amides is 1. The average Bonchev–Trinajstić information content (AvgIpc) is 2.27. The van der Waals surface area contributed by atoms with Gasteiger partial charge < -0.3 is 10.5 Å². The summed E-state index contributed by atoms with van der Waals surface area (Å²) in [5, 5.41) is 12.7. The first kappa shape index (κ1) is 12.8. The number of nitrogens with one attached hydrogen (secondary N) is 1. The van der Waals surface area contributed by atoms with Crippen molar-refractivity contribution in [1.29, 1.82) is 0 Å². The van der Waals surface area contributed by atoms with Crippen LogP contribution in [-0.2, 0) is 0 Å². The van der Waals surface area contributed by atoms with Gasteiger partial charge in [0.15, 0.2) is 10.9 Å². The molecule has 90 valence electrons. The van der Waals surface area contributed by atoms with Crippen LogP contribution in [-0.4, -0.2) is 23.1 Å². The van der Waals surface area contributed by atoms with Crippen LogP contribution in [0, 0.1) is 10.1 Å². The summed E-state index contributed by atoms with van der Waals surface area (Å²) in [6, 6.07) is 3.79. The molecule has 17 heavy (non-hydrogen) atoms. The van der Waals surface area contributed by atoms with E-state index in [-0.39, 0.29) is 22.1 Å². The quantitative estimate of drug-likeness (QED) is 0.464. The van der Waals surface area contributed by atoms with E-state index in [2.05, 4.69) is 17.5 Å². The molecular weight excluding hydrogens is 246 g/mol. The van der Waals surface area contributed by atoms with Gasteiger partial charge in [-0.2, -0.15) is 0 Å². The second-order valence-corrected chi connectivity index (χ2v) is 3.40. The predicted molar refractivity (Wildman–Crippen MR) is 63.9 cm³/mol. The molecule has 0 unspecified atom stereocenters. The molecule has 0 radical (unpaired) electrons. The summed E-state index contributed by atoms with van der Waals surface area (Å²) in [6.07, 6.45) is 0. The highest BCUT2D eigenvalue weighted by Crippen LogP contribution is 2.27. The molecule has 0 saturated carbocycles. The Morgan fingerprint density at radius 3 is 2.71 bits per heavy atom. The Labute approximate surface area is 102 Å². The minimum absolute atomic E-state index is 0.0712. The Balaban J connectivity index is 3.12. The number of rotatable bonds is 3. The second kappa shape index (κ2) is 5.21. The van der Waals surface area contributed by atoms with Gasteiger partial charge in [-0.1, -0.05) is 0 Å². The van der Waals surface area contributed by atoms with Gasteiger partial charge in [-0.15, -0.1) is 0 Å². The molecule has 0 atom stereocenters. The summed E-state index contributed by atoms with van der Waals surface area (Å²) in [7, 11) is 1.30. The van der Waals surface area contributed by atoms with E-state index in [1.165, 1.54) is 19.2 Å². The van der Waals surface area contributed by atoms with Crippen molar-refractivity contribution in [2.24, 2.45) is 5.73 Å². The van der Waals surface area contributed by atoms with Crippen molar-refractivity contribution in [1.82, 2.24) is 5.32 Å². The largest absolute Gasteiger partial charge is 0.490 e. The minimum atomic E-state index is -0.642. The molecule has 1 amide bonds. The Kier molecular flexibility index (Phi) is 3.94. The van der Waals surface area contributed by atoms with E-state index in [4.69, 9.17) is 10.5 Å². The Morgan fingerprint density at radius 2 is 2.24 bits per heavy atom. The zero-order valence-corrected chi connectivity index (χ0v) is 9.61. The first-order valence-corrected chi connectivity index (χ1v) is 4.79. The lowest BCUT2D eigenvalue weighted by atomic mass is 10.2. The van der Waals surface area contributed by atoms with E-state index >= 15 is 0 Å². The van der Waals surface area contributed by atoms with Crippen LogP contribution in [0.15, 0.2) is 18.2 Å². The highest BCUT2D eigenvalue weighted by atomic mass is 32.1. The first-order chi connectivity index (χ1) is 7.95. The number of thiocarbonyl (C=S) groups is 1. The monoisotopic (exact) mass is 255 g/mol. The molecule has 0 heterocycles. The third kappa shape index (κ3) is 3.11. The molecule has 1 aromatic carbocycles. The van der Waals surface area contributed by atoms with Crippen LogP contribution in [0.25, 0.3) is 0 Å². The summed E-state index contributed by atoms with van der Waals surface area (Å²) in [5.41, 5.74) is 4.90. The number of hydrogen-bond acceptors (Lipinski definition) is 5. The molecule has 1 aromatic rings. The van der Waals surface area contributed by atoms with Crippen LogP contribution in [0.5, 0.6) is 5.75 Å². The molecule has 0 aliphatic carbocycles. The normalized spacial score (nSPS) is 9.47. The van der Waals surface area contributed by atoms with Gasteiger partial charge >= 0.3 is 5.69 Å². The van der Waals surface area contributed by atoms with Gasteiger partial charge in [-0.25, -0.2) is 0 Å². The van der Waals surface area contributed by atoms with E-state index in [9.17, 15) is 14.9 Å². The number of nitro groups is 1. The van der Waals surface area contributed by atoms with Crippen LogP contribution in [0.4, 0.5) is 5.69 Å². The zero-order valence-electron chi connectivity index (χ0n) is 8.80. The maximum Gasteiger partial charge on any atom is 0.311 e. The van der Waals surface area contributed by atoms with Gasteiger partial charge in [0.05, 0.1) is 12.0 Å². The fraction of sp³-hybridized carbons (Fsp3) is 0.111. The van der Waals surface area contributed by atoms with Crippen molar-refractivity contribution >= 4 is 28.9 Å². The first-order valence-electron chi connectivity index (χ1n) is 4.39. The molecule has 3 N–H and O–H groups in total. The number of carbonyl (C=O) groups is 1. The molecule has 0 aromatic heterocycles. The van der Waals surface area contributed by atoms with Crippen LogP contribution in [0.2, 0.25) is 0 Å². The smallest absolute Gasteiger partial charge is 0.311 e. The molecule has 0 fully saturated rings. The molecule has 1 rings (SSSR count). The lowest BCUT2D eigenvalue weighted by Gasteiger charge is -2.05. The van der Waals surface area contributed by atoms with Gasteiger partial charge in [0.25, 0.3) is 5.91 Å². The summed E-state index contributed by atoms with van der Waals surface area (Å²) >= 11 is 4.49. The predicted octanol–water partition coefficient (Wildman–Crippen LogP) is 0.577. The number of nitrogens with zero attached hydrogens (tertiary/aromatic N) is 1. The van der Waals surface area contributed by atoms with Crippen molar-refractivity contribution in [3.63, 3.8) is 0 Å². The van der Waals surface area contributed by atoms with Crippen LogP contribution < -0.4 is 15.8 Å². The van der Waals surface area contributed by atoms with Gasteiger partial charge in [-0.3, -0.25) is 20.2 Å². The Hall–Kier alpha value is -2.22. The molecule has 0 aliphatic heterocycles. The highest BCUT2D eigenvalue weighted by molar-refractivity contribution is 7.80. The van der Waals surface area contributed by atoms with Crippen molar-refractivity contribution in [3.05, 3.63) is 33.9 Å². The maximum atomic E-state index is 11.5. The number of nitro benzene ring substituents is 1. The van der Waals surface area contributed by atoms with E-state index in [0.717, 1.165) is 6.07 Å². The number of carbonyl (C=O) groups excluding carboxylic acids is 1. The summed E-state index contributed by atoms with van der Waals surface area (Å²) in [4.78, 5) is 21.6. The number of nitrogens with two attached hydrogens (primary N) is 1. The fourth-order valence-corrected chi connectivity index (χ4v) is 1.25. The molecule has 0 spiro atoms. The van der Waals surface area contributed by atoms with Crippen molar-refractivity contribution < 1.29 is 14.5 Å². The van der Waals surface area contributed by atoms with Crippen LogP contribution in [0.1, 0.15) is 10.4 Å². The molecular formula is C9H9N3O4S. The highest BCUT2D eigenvalue weighted by Gasteiger charge is 2.18. The van der Waals surface area contributed by atoms with E-state index < -0.39 is 10.8 Å². The Bertz CT molecular complexity index is 489. The zero-order chi connectivity index (χ0) is 13.0. The molecule has 7 nitrogen and oxygen atoms in total. The number of methoxy groups -OCH3 is 1.